The van der Waals surface area contributed by atoms with Crippen molar-refractivity contribution >= 4 is 34.6 Å². The lowest BCUT2D eigenvalue weighted by Crippen LogP contribution is -1.99. The molecule has 66 valence electrons. The minimum atomic E-state index is 0.334. The summed E-state index contributed by atoms with van der Waals surface area (Å²) in [6, 6.07) is 3.59. The van der Waals surface area contributed by atoms with Gasteiger partial charge in [-0.15, -0.1) is 23.2 Å². The number of nitrogen functional groups attached to an aromatic ring is 2. The van der Waals surface area contributed by atoms with Crippen molar-refractivity contribution in [3.8, 4) is 0 Å². The van der Waals surface area contributed by atoms with Crippen molar-refractivity contribution in [3.05, 3.63) is 23.3 Å². The first-order chi connectivity index (χ1) is 5.69. The van der Waals surface area contributed by atoms with Gasteiger partial charge in [-0.1, -0.05) is 0 Å². The van der Waals surface area contributed by atoms with Gasteiger partial charge in [-0.2, -0.15) is 0 Å². The van der Waals surface area contributed by atoms with Crippen LogP contribution < -0.4 is 11.5 Å². The van der Waals surface area contributed by atoms with Crippen LogP contribution in [0.3, 0.4) is 0 Å². The zero-order valence-corrected chi connectivity index (χ0v) is 7.99. The summed E-state index contributed by atoms with van der Waals surface area (Å²) in [5, 5.41) is 0. The van der Waals surface area contributed by atoms with E-state index in [0.717, 1.165) is 11.1 Å². The molecule has 0 heterocycles. The largest absolute Gasteiger partial charge is 0.398 e. The summed E-state index contributed by atoms with van der Waals surface area (Å²) in [7, 11) is 0. The number of alkyl halides is 2. The molecule has 0 aliphatic heterocycles. The number of nitrogens with two attached hydrogens (primary N) is 2. The van der Waals surface area contributed by atoms with E-state index in [0.29, 0.717) is 23.1 Å². The highest BCUT2D eigenvalue weighted by molar-refractivity contribution is 6.18. The number of benzene rings is 1. The van der Waals surface area contributed by atoms with Gasteiger partial charge in [0.1, 0.15) is 0 Å². The van der Waals surface area contributed by atoms with Crippen LogP contribution in [0.4, 0.5) is 11.4 Å². The van der Waals surface area contributed by atoms with Crippen LogP contribution in [0.2, 0.25) is 0 Å². The van der Waals surface area contributed by atoms with Gasteiger partial charge in [0.15, 0.2) is 0 Å². The van der Waals surface area contributed by atoms with Gasteiger partial charge in [0.25, 0.3) is 0 Å². The predicted octanol–water partition coefficient (Wildman–Crippen LogP) is 2.33. The molecule has 4 N–H and O–H groups in total. The Morgan fingerprint density at radius 2 is 1.50 bits per heavy atom. The molecule has 0 aromatic heterocycles. The second-order valence-corrected chi connectivity index (χ2v) is 3.05. The first-order valence-corrected chi connectivity index (χ1v) is 4.54. The molecule has 1 rings (SSSR count). The van der Waals surface area contributed by atoms with E-state index in [2.05, 4.69) is 0 Å². The first kappa shape index (κ1) is 9.49. The lowest BCUT2D eigenvalue weighted by atomic mass is 10.1. The smallest absolute Gasteiger partial charge is 0.0514 e. The molecule has 0 saturated carbocycles. The van der Waals surface area contributed by atoms with Crippen molar-refractivity contribution in [2.75, 3.05) is 11.5 Å². The van der Waals surface area contributed by atoms with Gasteiger partial charge in [0, 0.05) is 22.8 Å². The Labute approximate surface area is 81.4 Å². The minimum absolute atomic E-state index is 0.334. The highest BCUT2D eigenvalue weighted by Gasteiger charge is 2.04. The second kappa shape index (κ2) is 3.87. The quantitative estimate of drug-likeness (QED) is 0.575. The van der Waals surface area contributed by atoms with Gasteiger partial charge >= 0.3 is 0 Å². The molecule has 0 unspecified atom stereocenters. The van der Waals surface area contributed by atoms with Crippen molar-refractivity contribution < 1.29 is 0 Å². The summed E-state index contributed by atoms with van der Waals surface area (Å²) >= 11 is 11.3. The third-order valence-corrected chi connectivity index (χ3v) is 2.24. The number of hydrogen-bond acceptors (Lipinski definition) is 2. The summed E-state index contributed by atoms with van der Waals surface area (Å²) in [6.07, 6.45) is 0. The van der Waals surface area contributed by atoms with Crippen LogP contribution in [0.25, 0.3) is 0 Å². The molecule has 1 aromatic rings. The van der Waals surface area contributed by atoms with Gasteiger partial charge in [0.05, 0.1) is 5.88 Å². The van der Waals surface area contributed by atoms with Gasteiger partial charge in [-0.3, -0.25) is 0 Å². The van der Waals surface area contributed by atoms with Crippen LogP contribution in [0, 0.1) is 0 Å². The van der Waals surface area contributed by atoms with Crippen LogP contribution in [0.15, 0.2) is 12.1 Å². The summed E-state index contributed by atoms with van der Waals surface area (Å²) in [4.78, 5) is 0. The maximum Gasteiger partial charge on any atom is 0.0514 e. The third kappa shape index (κ3) is 1.76. The molecule has 0 amide bonds. The monoisotopic (exact) mass is 204 g/mol. The molecule has 0 radical (unpaired) electrons. The van der Waals surface area contributed by atoms with Crippen LogP contribution in [-0.2, 0) is 11.8 Å². The maximum atomic E-state index is 5.69. The zero-order valence-electron chi connectivity index (χ0n) is 6.48. The van der Waals surface area contributed by atoms with Crippen LogP contribution >= 0.6 is 23.2 Å². The Morgan fingerprint density at radius 3 is 1.83 bits per heavy atom. The Hall–Kier alpha value is -0.600. The molecule has 12 heavy (non-hydrogen) atoms. The molecule has 1 aromatic carbocycles. The van der Waals surface area contributed by atoms with Crippen molar-refractivity contribution in [1.29, 1.82) is 0 Å². The van der Waals surface area contributed by atoms with E-state index in [9.17, 15) is 0 Å². The fourth-order valence-corrected chi connectivity index (χ4v) is 1.48. The Bertz CT molecular complexity index is 263. The topological polar surface area (TPSA) is 52.0 Å². The maximum absolute atomic E-state index is 5.69. The predicted molar refractivity (Wildman–Crippen MR) is 54.4 cm³/mol. The van der Waals surface area contributed by atoms with Gasteiger partial charge in [-0.25, -0.2) is 0 Å². The molecule has 0 aliphatic rings. The standard InChI is InChI=1S/C8H10Cl2N2/c9-3-5-1-7(11)6(4-10)8(12)2-5/h1-2H,3-4,11-12H2. The van der Waals surface area contributed by atoms with E-state index in [1.165, 1.54) is 0 Å². The normalized spacial score (nSPS) is 10.2. The fraction of sp³-hybridized carbons (Fsp3) is 0.250. The zero-order chi connectivity index (χ0) is 9.14. The minimum Gasteiger partial charge on any atom is -0.398 e. The van der Waals surface area contributed by atoms with E-state index >= 15 is 0 Å². The SMILES string of the molecule is Nc1cc(CCl)cc(N)c1CCl. The van der Waals surface area contributed by atoms with Crippen LogP contribution in [-0.4, -0.2) is 0 Å². The van der Waals surface area contributed by atoms with Gasteiger partial charge in [-0.05, 0) is 17.7 Å². The molecule has 0 fully saturated rings. The average Bonchev–Trinajstić information content (AvgIpc) is 2.03. The van der Waals surface area contributed by atoms with Crippen molar-refractivity contribution in [2.45, 2.75) is 11.8 Å². The molecule has 4 heteroatoms. The summed E-state index contributed by atoms with van der Waals surface area (Å²) in [5.74, 6) is 0.747. The molecular weight excluding hydrogens is 195 g/mol. The number of anilines is 2. The molecule has 0 atom stereocenters. The molecule has 2 nitrogen and oxygen atoms in total. The number of rotatable bonds is 2. The lowest BCUT2D eigenvalue weighted by molar-refractivity contribution is 1.34. The van der Waals surface area contributed by atoms with Crippen molar-refractivity contribution in [1.82, 2.24) is 0 Å². The van der Waals surface area contributed by atoms with E-state index in [4.69, 9.17) is 34.7 Å². The molecular formula is C8H10Cl2N2. The fourth-order valence-electron chi connectivity index (χ4n) is 1.01. The Morgan fingerprint density at radius 1 is 1.00 bits per heavy atom. The second-order valence-electron chi connectivity index (χ2n) is 2.52. The average molecular weight is 205 g/mol. The Kier molecular flexibility index (Phi) is 3.06. The van der Waals surface area contributed by atoms with E-state index < -0.39 is 0 Å². The Balaban J connectivity index is 3.18. The van der Waals surface area contributed by atoms with Gasteiger partial charge < -0.3 is 11.5 Å². The number of halogens is 2. The number of hydrogen-bond donors (Lipinski definition) is 2. The summed E-state index contributed by atoms with van der Waals surface area (Å²) < 4.78 is 0. The van der Waals surface area contributed by atoms with Crippen molar-refractivity contribution in [3.63, 3.8) is 0 Å². The van der Waals surface area contributed by atoms with Crippen molar-refractivity contribution in [2.24, 2.45) is 0 Å². The van der Waals surface area contributed by atoms with E-state index in [-0.39, 0.29) is 0 Å². The summed E-state index contributed by atoms with van der Waals surface area (Å²) in [6.45, 7) is 0. The van der Waals surface area contributed by atoms with E-state index in [1.807, 2.05) is 0 Å². The van der Waals surface area contributed by atoms with E-state index in [1.54, 1.807) is 12.1 Å². The molecule has 0 spiro atoms. The lowest BCUT2D eigenvalue weighted by Gasteiger charge is -2.07. The first-order valence-electron chi connectivity index (χ1n) is 3.47. The molecule has 0 bridgehead atoms. The van der Waals surface area contributed by atoms with Crippen LogP contribution in [0.1, 0.15) is 11.1 Å². The highest BCUT2D eigenvalue weighted by atomic mass is 35.5. The summed E-state index contributed by atoms with van der Waals surface area (Å²) in [5.41, 5.74) is 14.3. The third-order valence-electron chi connectivity index (χ3n) is 1.67. The highest BCUT2D eigenvalue weighted by Crippen LogP contribution is 2.24. The van der Waals surface area contributed by atoms with Gasteiger partial charge in [0.2, 0.25) is 0 Å². The molecule has 0 saturated heterocycles. The molecule has 0 aliphatic carbocycles. The van der Waals surface area contributed by atoms with Crippen LogP contribution in [0.5, 0.6) is 0 Å².